The summed E-state index contributed by atoms with van der Waals surface area (Å²) in [6.45, 7) is 5.51. The molecule has 0 N–H and O–H groups in total. The van der Waals surface area contributed by atoms with Gasteiger partial charge in [0.15, 0.2) is 23.4 Å². The van der Waals surface area contributed by atoms with Crippen molar-refractivity contribution in [3.8, 4) is 23.0 Å². The molecule has 2 aliphatic rings. The molecule has 2 aliphatic heterocycles. The summed E-state index contributed by atoms with van der Waals surface area (Å²) in [5.74, 6) is 2.39. The molecule has 1 atom stereocenters. The minimum atomic E-state index is -0.197. The fraction of sp³-hybridized carbons (Fsp3) is 0.391. The molecule has 0 fully saturated rings. The third-order valence-corrected chi connectivity index (χ3v) is 5.69. The van der Waals surface area contributed by atoms with Crippen LogP contribution in [0.4, 0.5) is 5.82 Å². The van der Waals surface area contributed by atoms with Gasteiger partial charge in [0.1, 0.15) is 24.4 Å². The van der Waals surface area contributed by atoms with E-state index in [0.717, 1.165) is 5.56 Å². The monoisotopic (exact) mass is 435 g/mol. The van der Waals surface area contributed by atoms with Gasteiger partial charge < -0.3 is 18.8 Å². The minimum absolute atomic E-state index is 0.110. The Labute approximate surface area is 185 Å². The van der Waals surface area contributed by atoms with Crippen LogP contribution in [0.5, 0.6) is 11.5 Å². The second-order valence-corrected chi connectivity index (χ2v) is 8.21. The number of anilines is 1. The van der Waals surface area contributed by atoms with Crippen molar-refractivity contribution in [3.05, 3.63) is 47.8 Å². The number of ether oxygens (including phenoxy) is 3. The van der Waals surface area contributed by atoms with Crippen LogP contribution in [0.15, 0.2) is 36.7 Å². The average molecular weight is 435 g/mol. The Morgan fingerprint density at radius 1 is 1.25 bits per heavy atom. The second-order valence-electron chi connectivity index (χ2n) is 8.21. The van der Waals surface area contributed by atoms with E-state index in [4.69, 9.17) is 19.2 Å². The van der Waals surface area contributed by atoms with Crippen molar-refractivity contribution in [2.75, 3.05) is 31.8 Å². The number of hydrogen-bond acceptors (Lipinski definition) is 7. The topological polar surface area (TPSA) is 91.6 Å². The fourth-order valence-corrected chi connectivity index (χ4v) is 4.08. The second kappa shape index (κ2) is 8.23. The highest BCUT2D eigenvalue weighted by atomic mass is 16.6. The zero-order valence-corrected chi connectivity index (χ0v) is 18.3. The maximum atomic E-state index is 13.4. The first-order chi connectivity index (χ1) is 15.5. The van der Waals surface area contributed by atoms with E-state index in [2.05, 4.69) is 24.0 Å². The lowest BCUT2D eigenvalue weighted by Crippen LogP contribution is -2.39. The van der Waals surface area contributed by atoms with Gasteiger partial charge in [0.05, 0.1) is 6.61 Å². The summed E-state index contributed by atoms with van der Waals surface area (Å²) in [5.41, 5.74) is 2.24. The number of pyridine rings is 1. The highest BCUT2D eigenvalue weighted by Crippen LogP contribution is 2.37. The first-order valence-corrected chi connectivity index (χ1v) is 10.7. The molecule has 0 saturated carbocycles. The van der Waals surface area contributed by atoms with Crippen molar-refractivity contribution >= 4 is 11.7 Å². The summed E-state index contributed by atoms with van der Waals surface area (Å²) in [5, 5.41) is 8.25. The van der Waals surface area contributed by atoms with Crippen LogP contribution in [0, 0.1) is 0 Å². The van der Waals surface area contributed by atoms with E-state index in [1.54, 1.807) is 24.4 Å². The van der Waals surface area contributed by atoms with E-state index in [1.807, 2.05) is 28.8 Å². The van der Waals surface area contributed by atoms with E-state index in [1.165, 1.54) is 0 Å². The van der Waals surface area contributed by atoms with Crippen LogP contribution >= 0.6 is 0 Å². The number of carbonyl (C=O) groups is 1. The van der Waals surface area contributed by atoms with Gasteiger partial charge >= 0.3 is 0 Å². The summed E-state index contributed by atoms with van der Waals surface area (Å²) >= 11 is 0. The van der Waals surface area contributed by atoms with E-state index >= 15 is 0 Å². The van der Waals surface area contributed by atoms with Gasteiger partial charge in [-0.15, -0.1) is 10.2 Å². The summed E-state index contributed by atoms with van der Waals surface area (Å²) in [6.07, 6.45) is 2.20. The van der Waals surface area contributed by atoms with E-state index in [0.29, 0.717) is 60.6 Å². The molecule has 1 unspecified atom stereocenters. The fourth-order valence-electron chi connectivity index (χ4n) is 4.08. The first-order valence-electron chi connectivity index (χ1n) is 10.7. The highest BCUT2D eigenvalue weighted by molar-refractivity contribution is 6.08. The van der Waals surface area contributed by atoms with Gasteiger partial charge in [0.25, 0.3) is 5.91 Å². The van der Waals surface area contributed by atoms with Crippen LogP contribution in [0.1, 0.15) is 35.8 Å². The maximum absolute atomic E-state index is 13.4. The van der Waals surface area contributed by atoms with Gasteiger partial charge in [0.2, 0.25) is 0 Å². The number of rotatable bonds is 5. The quantitative estimate of drug-likeness (QED) is 0.608. The number of nitrogens with zero attached hydrogens (tertiary/aromatic N) is 5. The van der Waals surface area contributed by atoms with Crippen molar-refractivity contribution in [1.82, 2.24) is 19.7 Å². The number of carbonyl (C=O) groups excluding carboxylic acids is 1. The molecule has 0 aliphatic carbocycles. The van der Waals surface area contributed by atoms with Gasteiger partial charge in [-0.05, 0) is 50.1 Å². The molecule has 0 saturated heterocycles. The number of hydrogen-bond donors (Lipinski definition) is 0. The number of aromatic nitrogens is 4. The molecule has 32 heavy (non-hydrogen) atoms. The number of benzene rings is 1. The van der Waals surface area contributed by atoms with Crippen molar-refractivity contribution < 1.29 is 19.0 Å². The van der Waals surface area contributed by atoms with Crippen LogP contribution in [-0.4, -0.2) is 58.6 Å². The van der Waals surface area contributed by atoms with E-state index in [-0.39, 0.29) is 18.1 Å². The Bertz CT molecular complexity index is 1160. The van der Waals surface area contributed by atoms with Gasteiger partial charge in [-0.2, -0.15) is 0 Å². The predicted octanol–water partition coefficient (Wildman–Crippen LogP) is 2.91. The van der Waals surface area contributed by atoms with Crippen LogP contribution < -0.4 is 14.4 Å². The van der Waals surface area contributed by atoms with Crippen LogP contribution in [0.2, 0.25) is 0 Å². The molecule has 0 radical (unpaired) electrons. The first kappa shape index (κ1) is 20.4. The molecule has 1 aromatic carbocycles. The highest BCUT2D eigenvalue weighted by Gasteiger charge is 2.31. The lowest BCUT2D eigenvalue weighted by Gasteiger charge is -2.31. The molecule has 0 bridgehead atoms. The summed E-state index contributed by atoms with van der Waals surface area (Å²) in [4.78, 5) is 19.9. The Morgan fingerprint density at radius 3 is 2.94 bits per heavy atom. The van der Waals surface area contributed by atoms with Gasteiger partial charge in [-0.3, -0.25) is 9.69 Å². The molecule has 9 heteroatoms. The number of fused-ring (bicyclic) bond motifs is 2. The van der Waals surface area contributed by atoms with Gasteiger partial charge in [-0.25, -0.2) is 4.98 Å². The van der Waals surface area contributed by atoms with Crippen LogP contribution in [0.3, 0.4) is 0 Å². The molecule has 3 aromatic rings. The summed E-state index contributed by atoms with van der Waals surface area (Å²) in [7, 11) is 1.62. The Balaban J connectivity index is 1.45. The molecule has 2 aromatic heterocycles. The average Bonchev–Trinajstić information content (AvgIpc) is 3.29. The molecule has 1 amide bonds. The summed E-state index contributed by atoms with van der Waals surface area (Å²) < 4.78 is 18.9. The van der Waals surface area contributed by atoms with Crippen LogP contribution in [-0.2, 0) is 11.2 Å². The molecule has 9 nitrogen and oxygen atoms in total. The van der Waals surface area contributed by atoms with E-state index in [9.17, 15) is 4.79 Å². The Kier molecular flexibility index (Phi) is 5.26. The Hall–Kier alpha value is -3.46. The third kappa shape index (κ3) is 3.58. The third-order valence-electron chi connectivity index (χ3n) is 5.69. The SMILES string of the molecule is COCC1COc2cc3c(cc2O1)C(=O)N(c1cccc(-c2nncn2C(C)C)n1)CC3. The van der Waals surface area contributed by atoms with Gasteiger partial charge in [0, 0.05) is 25.3 Å². The summed E-state index contributed by atoms with van der Waals surface area (Å²) in [6, 6.07) is 9.50. The lowest BCUT2D eigenvalue weighted by molar-refractivity contribution is 0.0270. The molecule has 5 rings (SSSR count). The molecule has 166 valence electrons. The van der Waals surface area contributed by atoms with Crippen molar-refractivity contribution in [3.63, 3.8) is 0 Å². The number of methoxy groups -OCH3 is 1. The standard InChI is InChI=1S/C23H25N5O4/c1-14(2)28-13-24-26-22(28)18-5-4-6-21(25-18)27-8-7-15-9-19-20(10-17(15)23(27)29)32-16(11-30-3)12-31-19/h4-6,9-10,13-14,16H,7-8,11-12H2,1-3H3. The molecular formula is C23H25N5O4. The zero-order chi connectivity index (χ0) is 22.2. The van der Waals surface area contributed by atoms with E-state index < -0.39 is 0 Å². The molecular weight excluding hydrogens is 410 g/mol. The molecule has 0 spiro atoms. The van der Waals surface area contributed by atoms with Crippen molar-refractivity contribution in [2.45, 2.75) is 32.4 Å². The smallest absolute Gasteiger partial charge is 0.259 e. The predicted molar refractivity (Wildman–Crippen MR) is 117 cm³/mol. The van der Waals surface area contributed by atoms with Crippen LogP contribution in [0.25, 0.3) is 11.5 Å². The maximum Gasteiger partial charge on any atom is 0.259 e. The van der Waals surface area contributed by atoms with Crippen molar-refractivity contribution in [2.24, 2.45) is 0 Å². The normalized spacial score (nSPS) is 17.6. The Morgan fingerprint density at radius 2 is 2.12 bits per heavy atom. The van der Waals surface area contributed by atoms with Crippen molar-refractivity contribution in [1.29, 1.82) is 0 Å². The van der Waals surface area contributed by atoms with Gasteiger partial charge in [-0.1, -0.05) is 6.07 Å². The zero-order valence-electron chi connectivity index (χ0n) is 18.3. The molecule has 4 heterocycles. The lowest BCUT2D eigenvalue weighted by atomic mass is 9.97. The minimum Gasteiger partial charge on any atom is -0.486 e. The number of amides is 1. The largest absolute Gasteiger partial charge is 0.486 e.